The van der Waals surface area contributed by atoms with Gasteiger partial charge in [-0.1, -0.05) is 0 Å². The Hall–Kier alpha value is -0.980. The van der Waals surface area contributed by atoms with Crippen LogP contribution in [0.1, 0.15) is 22.7 Å². The van der Waals surface area contributed by atoms with Crippen molar-refractivity contribution in [2.45, 2.75) is 26.3 Å². The number of rotatable bonds is 3. The second-order valence-corrected chi connectivity index (χ2v) is 7.31. The number of hydrogen-bond donors (Lipinski definition) is 1. The molecule has 0 aliphatic carbocycles. The van der Waals surface area contributed by atoms with Gasteiger partial charge in [-0.3, -0.25) is 9.69 Å². The topological polar surface area (TPSA) is 48.5 Å². The van der Waals surface area contributed by atoms with Crippen LogP contribution in [-0.4, -0.2) is 60.0 Å². The van der Waals surface area contributed by atoms with Gasteiger partial charge in [-0.05, 0) is 26.3 Å². The smallest absolute Gasteiger partial charge is 0.227 e. The summed E-state index contributed by atoms with van der Waals surface area (Å²) in [5, 5.41) is 4.46. The van der Waals surface area contributed by atoms with Gasteiger partial charge in [0.15, 0.2) is 0 Å². The average molecular weight is 308 g/mol. The molecule has 6 heteroatoms. The van der Waals surface area contributed by atoms with E-state index in [9.17, 15) is 4.79 Å². The lowest BCUT2D eigenvalue weighted by Gasteiger charge is -2.37. The summed E-state index contributed by atoms with van der Waals surface area (Å²) >= 11 is 1.77. The van der Waals surface area contributed by atoms with Crippen LogP contribution in [0.15, 0.2) is 6.20 Å². The molecule has 3 rings (SSSR count). The van der Waals surface area contributed by atoms with E-state index in [0.29, 0.717) is 5.91 Å². The van der Waals surface area contributed by atoms with Crippen LogP contribution in [0.25, 0.3) is 0 Å². The summed E-state index contributed by atoms with van der Waals surface area (Å²) in [7, 11) is 0. The Labute approximate surface area is 130 Å². The highest BCUT2D eigenvalue weighted by Gasteiger charge is 2.28. The number of hydrogen-bond acceptors (Lipinski definition) is 5. The minimum absolute atomic E-state index is 0.203. The number of nitrogens with one attached hydrogen (secondary N) is 1. The highest BCUT2D eigenvalue weighted by atomic mass is 32.1. The molecule has 0 bridgehead atoms. The maximum Gasteiger partial charge on any atom is 0.227 e. The van der Waals surface area contributed by atoms with Crippen molar-refractivity contribution in [1.82, 2.24) is 20.1 Å². The average Bonchev–Trinajstić information content (AvgIpc) is 2.93. The lowest BCUT2D eigenvalue weighted by Crippen LogP contribution is -2.51. The van der Waals surface area contributed by atoms with E-state index in [0.717, 1.165) is 63.7 Å². The van der Waals surface area contributed by atoms with Gasteiger partial charge in [0.25, 0.3) is 0 Å². The molecule has 21 heavy (non-hydrogen) atoms. The fourth-order valence-electron chi connectivity index (χ4n) is 3.15. The number of aromatic nitrogens is 1. The van der Waals surface area contributed by atoms with Crippen molar-refractivity contribution in [2.24, 2.45) is 5.92 Å². The van der Waals surface area contributed by atoms with Gasteiger partial charge in [-0.25, -0.2) is 4.98 Å². The van der Waals surface area contributed by atoms with Crippen molar-refractivity contribution < 1.29 is 4.79 Å². The first kappa shape index (κ1) is 14.9. The molecule has 1 amide bonds. The van der Waals surface area contributed by atoms with Gasteiger partial charge in [-0.2, -0.15) is 0 Å². The van der Waals surface area contributed by atoms with Gasteiger partial charge in [0.05, 0.1) is 10.9 Å². The number of amides is 1. The summed E-state index contributed by atoms with van der Waals surface area (Å²) in [6.45, 7) is 8.62. The molecule has 2 saturated heterocycles. The number of nitrogens with zero attached hydrogens (tertiary/aromatic N) is 3. The molecule has 1 N–H and O–H groups in total. The Morgan fingerprint density at radius 2 is 2.24 bits per heavy atom. The lowest BCUT2D eigenvalue weighted by molar-refractivity contribution is -0.137. The van der Waals surface area contributed by atoms with Crippen LogP contribution in [-0.2, 0) is 11.3 Å². The third kappa shape index (κ3) is 3.81. The molecule has 1 atom stereocenters. The number of carbonyl (C=O) groups is 1. The second-order valence-electron chi connectivity index (χ2n) is 5.99. The van der Waals surface area contributed by atoms with Crippen molar-refractivity contribution >= 4 is 17.2 Å². The summed E-state index contributed by atoms with van der Waals surface area (Å²) in [4.78, 5) is 22.6. The molecular formula is C15H24N4OS. The molecule has 1 unspecified atom stereocenters. The zero-order valence-corrected chi connectivity index (χ0v) is 13.5. The fraction of sp³-hybridized carbons (Fsp3) is 0.733. The van der Waals surface area contributed by atoms with Gasteiger partial charge < -0.3 is 10.2 Å². The SMILES string of the molecule is Cc1ncc(CN2CCN(C(=O)C3CCCNC3)CC2)s1. The lowest BCUT2D eigenvalue weighted by atomic mass is 9.98. The molecule has 2 aliphatic heterocycles. The Morgan fingerprint density at radius 1 is 1.43 bits per heavy atom. The van der Waals surface area contributed by atoms with Gasteiger partial charge in [-0.15, -0.1) is 11.3 Å². The van der Waals surface area contributed by atoms with E-state index in [-0.39, 0.29) is 5.92 Å². The van der Waals surface area contributed by atoms with Crippen LogP contribution < -0.4 is 5.32 Å². The van der Waals surface area contributed by atoms with Gasteiger partial charge in [0, 0.05) is 50.3 Å². The van der Waals surface area contributed by atoms with Crippen LogP contribution in [0.5, 0.6) is 0 Å². The van der Waals surface area contributed by atoms with Gasteiger partial charge in [0.1, 0.15) is 0 Å². The predicted molar refractivity (Wildman–Crippen MR) is 84.3 cm³/mol. The first-order chi connectivity index (χ1) is 10.2. The number of piperidine rings is 1. The van der Waals surface area contributed by atoms with Crippen LogP contribution in [0.3, 0.4) is 0 Å². The number of carbonyl (C=O) groups excluding carboxylic acids is 1. The molecule has 2 aliphatic rings. The maximum absolute atomic E-state index is 12.5. The molecule has 1 aromatic rings. The van der Waals surface area contributed by atoms with E-state index >= 15 is 0 Å². The van der Waals surface area contributed by atoms with E-state index in [1.165, 1.54) is 4.88 Å². The summed E-state index contributed by atoms with van der Waals surface area (Å²) in [5.41, 5.74) is 0. The van der Waals surface area contributed by atoms with E-state index in [1.807, 2.05) is 13.1 Å². The van der Waals surface area contributed by atoms with Crippen molar-refractivity contribution in [3.63, 3.8) is 0 Å². The second kappa shape index (κ2) is 6.85. The molecular weight excluding hydrogens is 284 g/mol. The highest BCUT2D eigenvalue weighted by molar-refractivity contribution is 7.11. The van der Waals surface area contributed by atoms with Crippen LogP contribution in [0.2, 0.25) is 0 Å². The summed E-state index contributed by atoms with van der Waals surface area (Å²) in [6.07, 6.45) is 4.15. The van der Waals surface area contributed by atoms with Gasteiger partial charge >= 0.3 is 0 Å². The molecule has 5 nitrogen and oxygen atoms in total. The molecule has 2 fully saturated rings. The van der Waals surface area contributed by atoms with Gasteiger partial charge in [0.2, 0.25) is 5.91 Å². The molecule has 1 aromatic heterocycles. The Bertz CT molecular complexity index is 476. The van der Waals surface area contributed by atoms with E-state index in [1.54, 1.807) is 11.3 Å². The molecule has 0 radical (unpaired) electrons. The van der Waals surface area contributed by atoms with E-state index in [2.05, 4.69) is 20.1 Å². The molecule has 3 heterocycles. The minimum Gasteiger partial charge on any atom is -0.340 e. The zero-order chi connectivity index (χ0) is 14.7. The summed E-state index contributed by atoms with van der Waals surface area (Å²) in [5.74, 6) is 0.560. The number of thiazole rings is 1. The van der Waals surface area contributed by atoms with Crippen molar-refractivity contribution in [1.29, 1.82) is 0 Å². The van der Waals surface area contributed by atoms with Crippen LogP contribution >= 0.6 is 11.3 Å². The Morgan fingerprint density at radius 3 is 2.86 bits per heavy atom. The highest BCUT2D eigenvalue weighted by Crippen LogP contribution is 2.18. The Kier molecular flexibility index (Phi) is 4.87. The fourth-order valence-corrected chi connectivity index (χ4v) is 3.98. The number of piperazine rings is 1. The summed E-state index contributed by atoms with van der Waals surface area (Å²) in [6, 6.07) is 0. The van der Waals surface area contributed by atoms with Crippen molar-refractivity contribution in [2.75, 3.05) is 39.3 Å². The predicted octanol–water partition coefficient (Wildman–Crippen LogP) is 1.10. The van der Waals surface area contributed by atoms with Crippen molar-refractivity contribution in [3.8, 4) is 0 Å². The standard InChI is InChI=1S/C15H24N4OS/c1-12-17-10-14(21-12)11-18-5-7-19(8-6-18)15(20)13-3-2-4-16-9-13/h10,13,16H,2-9,11H2,1H3. The molecule has 0 spiro atoms. The monoisotopic (exact) mass is 308 g/mol. The largest absolute Gasteiger partial charge is 0.340 e. The normalized spacial score (nSPS) is 24.2. The third-order valence-electron chi connectivity index (χ3n) is 4.38. The first-order valence-corrected chi connectivity index (χ1v) is 8.67. The zero-order valence-electron chi connectivity index (χ0n) is 12.7. The third-order valence-corrected chi connectivity index (χ3v) is 5.28. The van der Waals surface area contributed by atoms with Crippen molar-refractivity contribution in [3.05, 3.63) is 16.1 Å². The molecule has 0 saturated carbocycles. The van der Waals surface area contributed by atoms with Crippen LogP contribution in [0.4, 0.5) is 0 Å². The number of aryl methyl sites for hydroxylation is 1. The van der Waals surface area contributed by atoms with Crippen LogP contribution in [0, 0.1) is 12.8 Å². The summed E-state index contributed by atoms with van der Waals surface area (Å²) < 4.78 is 0. The van der Waals surface area contributed by atoms with E-state index < -0.39 is 0 Å². The Balaban J connectivity index is 1.47. The van der Waals surface area contributed by atoms with E-state index in [4.69, 9.17) is 0 Å². The molecule has 116 valence electrons. The first-order valence-electron chi connectivity index (χ1n) is 7.85. The quantitative estimate of drug-likeness (QED) is 0.908. The maximum atomic E-state index is 12.5. The minimum atomic E-state index is 0.203. The molecule has 0 aromatic carbocycles.